The van der Waals surface area contributed by atoms with Gasteiger partial charge in [0.15, 0.2) is 11.5 Å². The van der Waals surface area contributed by atoms with Gasteiger partial charge < -0.3 is 14.9 Å². The maximum absolute atomic E-state index is 11.6. The summed E-state index contributed by atoms with van der Waals surface area (Å²) < 4.78 is 29.7. The molecular weight excluding hydrogens is 290 g/mol. The summed E-state index contributed by atoms with van der Waals surface area (Å²) in [5, 5.41) is 18.4. The second kappa shape index (κ2) is 6.24. The van der Waals surface area contributed by atoms with Crippen LogP contribution in [0, 0.1) is 0 Å². The highest BCUT2D eigenvalue weighted by Gasteiger charge is 2.21. The minimum atomic E-state index is -4.10. The fourth-order valence-electron chi connectivity index (χ4n) is 1.36. The summed E-state index contributed by atoms with van der Waals surface area (Å²) in [5.41, 5.74) is -0.782. The van der Waals surface area contributed by atoms with Crippen LogP contribution in [0.2, 0.25) is 0 Å². The van der Waals surface area contributed by atoms with Crippen LogP contribution in [0.1, 0.15) is 17.3 Å². The lowest BCUT2D eigenvalue weighted by Crippen LogP contribution is -2.24. The summed E-state index contributed by atoms with van der Waals surface area (Å²) in [6.07, 6.45) is 0. The standard InChI is InChI=1S/C11H13NO7S/c1-2-19-9(13)6-20(17,18)12-8-5-3-4-7(10(8)14)11(15)16/h3-5,12,14H,2,6H2,1H3,(H,15,16). The number of aromatic hydroxyl groups is 1. The molecule has 0 spiro atoms. The smallest absolute Gasteiger partial charge is 0.339 e. The first-order valence-corrected chi connectivity index (χ1v) is 7.13. The number of para-hydroxylation sites is 1. The third-order valence-electron chi connectivity index (χ3n) is 2.15. The van der Waals surface area contributed by atoms with E-state index in [9.17, 15) is 23.1 Å². The van der Waals surface area contributed by atoms with Crippen molar-refractivity contribution in [2.24, 2.45) is 0 Å². The molecule has 0 saturated carbocycles. The Balaban J connectivity index is 2.96. The zero-order chi connectivity index (χ0) is 15.3. The number of hydrogen-bond donors (Lipinski definition) is 3. The molecule has 0 saturated heterocycles. The van der Waals surface area contributed by atoms with E-state index in [1.54, 1.807) is 0 Å². The van der Waals surface area contributed by atoms with Gasteiger partial charge in [-0.05, 0) is 19.1 Å². The van der Waals surface area contributed by atoms with Gasteiger partial charge in [0.05, 0.1) is 12.3 Å². The number of phenols is 1. The van der Waals surface area contributed by atoms with Crippen LogP contribution in [0.3, 0.4) is 0 Å². The molecule has 0 radical (unpaired) electrons. The van der Waals surface area contributed by atoms with Gasteiger partial charge >= 0.3 is 11.9 Å². The molecule has 20 heavy (non-hydrogen) atoms. The second-order valence-electron chi connectivity index (χ2n) is 3.67. The lowest BCUT2D eigenvalue weighted by molar-refractivity contribution is -0.139. The summed E-state index contributed by atoms with van der Waals surface area (Å²) in [4.78, 5) is 21.9. The van der Waals surface area contributed by atoms with Crippen molar-refractivity contribution in [3.63, 3.8) is 0 Å². The molecule has 1 aromatic rings. The van der Waals surface area contributed by atoms with E-state index in [1.807, 2.05) is 4.72 Å². The molecule has 0 amide bonds. The predicted molar refractivity (Wildman–Crippen MR) is 69.1 cm³/mol. The number of nitrogens with one attached hydrogen (secondary N) is 1. The Hall–Kier alpha value is -2.29. The maximum atomic E-state index is 11.6. The zero-order valence-electron chi connectivity index (χ0n) is 10.5. The number of rotatable bonds is 6. The van der Waals surface area contributed by atoms with Gasteiger partial charge in [0, 0.05) is 0 Å². The lowest BCUT2D eigenvalue weighted by Gasteiger charge is -2.10. The number of aromatic carboxylic acids is 1. The van der Waals surface area contributed by atoms with Crippen molar-refractivity contribution in [3.8, 4) is 5.75 Å². The highest BCUT2D eigenvalue weighted by Crippen LogP contribution is 2.28. The van der Waals surface area contributed by atoms with Crippen molar-refractivity contribution in [1.29, 1.82) is 0 Å². The van der Waals surface area contributed by atoms with Gasteiger partial charge in [-0.3, -0.25) is 9.52 Å². The number of carboxylic acid groups (broad SMARTS) is 1. The van der Waals surface area contributed by atoms with Crippen LogP contribution in [-0.4, -0.2) is 42.9 Å². The van der Waals surface area contributed by atoms with Crippen molar-refractivity contribution < 1.29 is 33.0 Å². The number of carbonyl (C=O) groups is 2. The molecule has 0 aliphatic carbocycles. The van der Waals surface area contributed by atoms with Crippen LogP contribution < -0.4 is 4.72 Å². The molecular formula is C11H13NO7S. The second-order valence-corrected chi connectivity index (χ2v) is 5.40. The lowest BCUT2D eigenvalue weighted by atomic mass is 10.2. The molecule has 8 nitrogen and oxygen atoms in total. The molecule has 0 unspecified atom stereocenters. The Morgan fingerprint density at radius 1 is 1.35 bits per heavy atom. The number of benzene rings is 1. The molecule has 0 bridgehead atoms. The van der Waals surface area contributed by atoms with Gasteiger partial charge in [0.25, 0.3) is 0 Å². The molecule has 3 N–H and O–H groups in total. The number of anilines is 1. The molecule has 0 aliphatic heterocycles. The third-order valence-corrected chi connectivity index (χ3v) is 3.29. The molecule has 0 heterocycles. The molecule has 1 rings (SSSR count). The van der Waals surface area contributed by atoms with E-state index in [1.165, 1.54) is 19.1 Å². The third kappa shape index (κ3) is 4.12. The van der Waals surface area contributed by atoms with Gasteiger partial charge in [-0.2, -0.15) is 0 Å². The Morgan fingerprint density at radius 2 is 2.00 bits per heavy atom. The van der Waals surface area contributed by atoms with E-state index in [2.05, 4.69) is 4.74 Å². The summed E-state index contributed by atoms with van der Waals surface area (Å²) in [5.74, 6) is -4.02. The SMILES string of the molecule is CCOC(=O)CS(=O)(=O)Nc1cccc(C(=O)O)c1O. The van der Waals surface area contributed by atoms with Gasteiger partial charge in [-0.25, -0.2) is 13.2 Å². The Morgan fingerprint density at radius 3 is 2.55 bits per heavy atom. The number of esters is 1. The van der Waals surface area contributed by atoms with Crippen molar-refractivity contribution in [3.05, 3.63) is 23.8 Å². The van der Waals surface area contributed by atoms with Gasteiger partial charge in [-0.15, -0.1) is 0 Å². The summed E-state index contributed by atoms with van der Waals surface area (Å²) in [6, 6.07) is 3.54. The molecule has 110 valence electrons. The quantitative estimate of drug-likeness (QED) is 0.512. The largest absolute Gasteiger partial charge is 0.505 e. The molecule has 0 aromatic heterocycles. The fourth-order valence-corrected chi connectivity index (χ4v) is 2.33. The minimum Gasteiger partial charge on any atom is -0.505 e. The summed E-state index contributed by atoms with van der Waals surface area (Å²) >= 11 is 0. The summed E-state index contributed by atoms with van der Waals surface area (Å²) in [7, 11) is -4.10. The normalized spacial score (nSPS) is 10.8. The van der Waals surface area contributed by atoms with Crippen molar-refractivity contribution >= 4 is 27.6 Å². The number of ether oxygens (including phenoxy) is 1. The maximum Gasteiger partial charge on any atom is 0.339 e. The minimum absolute atomic E-state index is 0.0358. The molecule has 1 aromatic carbocycles. The van der Waals surface area contributed by atoms with Gasteiger partial charge in [0.1, 0.15) is 5.56 Å². The average Bonchev–Trinajstić information content (AvgIpc) is 2.30. The monoisotopic (exact) mass is 303 g/mol. The fraction of sp³-hybridized carbons (Fsp3) is 0.273. The molecule has 0 atom stereocenters. The van der Waals surface area contributed by atoms with Crippen LogP contribution in [0.25, 0.3) is 0 Å². The Labute approximate surface area is 115 Å². The zero-order valence-corrected chi connectivity index (χ0v) is 11.3. The Bertz CT molecular complexity index is 624. The molecule has 0 fully saturated rings. The average molecular weight is 303 g/mol. The van der Waals surface area contributed by atoms with Crippen LogP contribution in [-0.2, 0) is 19.6 Å². The molecule has 9 heteroatoms. The van der Waals surface area contributed by atoms with Crippen LogP contribution in [0.4, 0.5) is 5.69 Å². The van der Waals surface area contributed by atoms with E-state index in [4.69, 9.17) is 5.11 Å². The number of carboxylic acids is 1. The number of carbonyl (C=O) groups excluding carboxylic acids is 1. The van der Waals surface area contributed by atoms with Crippen LogP contribution >= 0.6 is 0 Å². The number of hydrogen-bond acceptors (Lipinski definition) is 6. The van der Waals surface area contributed by atoms with Crippen molar-refractivity contribution in [1.82, 2.24) is 0 Å². The first kappa shape index (κ1) is 15.8. The Kier molecular flexibility index (Phi) is 4.92. The van der Waals surface area contributed by atoms with E-state index in [-0.39, 0.29) is 12.3 Å². The van der Waals surface area contributed by atoms with E-state index < -0.39 is 39.0 Å². The first-order chi connectivity index (χ1) is 9.26. The number of sulfonamides is 1. The van der Waals surface area contributed by atoms with E-state index in [0.717, 1.165) is 6.07 Å². The van der Waals surface area contributed by atoms with Crippen molar-refractivity contribution in [2.45, 2.75) is 6.92 Å². The topological polar surface area (TPSA) is 130 Å². The highest BCUT2D eigenvalue weighted by molar-refractivity contribution is 7.93. The highest BCUT2D eigenvalue weighted by atomic mass is 32.2. The molecule has 0 aliphatic rings. The van der Waals surface area contributed by atoms with Crippen molar-refractivity contribution in [2.75, 3.05) is 17.1 Å². The van der Waals surface area contributed by atoms with Crippen LogP contribution in [0.15, 0.2) is 18.2 Å². The predicted octanol–water partition coefficient (Wildman–Crippen LogP) is 0.395. The summed E-state index contributed by atoms with van der Waals surface area (Å²) in [6.45, 7) is 1.56. The van der Waals surface area contributed by atoms with E-state index in [0.29, 0.717) is 0 Å². The van der Waals surface area contributed by atoms with Gasteiger partial charge in [0.2, 0.25) is 10.0 Å². The van der Waals surface area contributed by atoms with E-state index >= 15 is 0 Å². The first-order valence-electron chi connectivity index (χ1n) is 5.48. The van der Waals surface area contributed by atoms with Gasteiger partial charge in [-0.1, -0.05) is 6.07 Å². The van der Waals surface area contributed by atoms with Crippen LogP contribution in [0.5, 0.6) is 5.75 Å².